The van der Waals surface area contributed by atoms with Crippen molar-refractivity contribution in [3.8, 4) is 5.75 Å². The van der Waals surface area contributed by atoms with Crippen molar-refractivity contribution >= 4 is 12.0 Å². The molecule has 0 spiro atoms. The summed E-state index contributed by atoms with van der Waals surface area (Å²) in [6, 6.07) is 8.30. The Bertz CT molecular complexity index is 734. The Hall–Kier alpha value is -2.89. The first-order chi connectivity index (χ1) is 10.1. The highest BCUT2D eigenvalue weighted by Gasteiger charge is 2.04. The van der Waals surface area contributed by atoms with Crippen molar-refractivity contribution in [2.24, 2.45) is 0 Å². The first-order valence-electron chi connectivity index (χ1n) is 6.20. The molecule has 2 aromatic rings. The monoisotopic (exact) mass is 286 g/mol. The van der Waals surface area contributed by atoms with Gasteiger partial charge in [-0.25, -0.2) is 9.48 Å². The number of hydrogen-bond donors (Lipinski definition) is 1. The zero-order valence-electron chi connectivity index (χ0n) is 11.4. The minimum atomic E-state index is -1.04. The number of hydrogen-bond acceptors (Lipinski definition) is 4. The van der Waals surface area contributed by atoms with Gasteiger partial charge in [0.2, 0.25) is 0 Å². The SMILES string of the molecule is COc1ccc(Cn2ncccc2=O)cc1C=CC(=O)O. The van der Waals surface area contributed by atoms with E-state index in [1.54, 1.807) is 24.3 Å². The number of carboxylic acid groups (broad SMARTS) is 1. The highest BCUT2D eigenvalue weighted by atomic mass is 16.5. The van der Waals surface area contributed by atoms with Crippen molar-refractivity contribution in [2.45, 2.75) is 6.54 Å². The molecule has 1 aromatic carbocycles. The number of nitrogens with zero attached hydrogens (tertiary/aromatic N) is 2. The molecule has 0 saturated heterocycles. The van der Waals surface area contributed by atoms with Crippen LogP contribution in [0.2, 0.25) is 0 Å². The third-order valence-corrected chi connectivity index (χ3v) is 2.82. The third kappa shape index (κ3) is 3.79. The lowest BCUT2D eigenvalue weighted by Gasteiger charge is -2.08. The Morgan fingerprint density at radius 1 is 1.43 bits per heavy atom. The fourth-order valence-corrected chi connectivity index (χ4v) is 1.85. The molecule has 1 aromatic heterocycles. The van der Waals surface area contributed by atoms with Crippen LogP contribution in [-0.4, -0.2) is 28.0 Å². The molecule has 108 valence electrons. The highest BCUT2D eigenvalue weighted by Crippen LogP contribution is 2.21. The van der Waals surface area contributed by atoms with Crippen LogP contribution in [0.25, 0.3) is 6.08 Å². The molecule has 0 fully saturated rings. The summed E-state index contributed by atoms with van der Waals surface area (Å²) < 4.78 is 6.50. The average Bonchev–Trinajstić information content (AvgIpc) is 2.47. The van der Waals surface area contributed by atoms with Crippen molar-refractivity contribution in [2.75, 3.05) is 7.11 Å². The van der Waals surface area contributed by atoms with E-state index < -0.39 is 5.97 Å². The number of methoxy groups -OCH3 is 1. The summed E-state index contributed by atoms with van der Waals surface area (Å²) in [5, 5.41) is 12.7. The van der Waals surface area contributed by atoms with E-state index in [1.807, 2.05) is 0 Å². The van der Waals surface area contributed by atoms with Crippen molar-refractivity contribution in [1.29, 1.82) is 0 Å². The Labute approximate surface area is 120 Å². The minimum absolute atomic E-state index is 0.198. The normalized spacial score (nSPS) is 10.7. The summed E-state index contributed by atoms with van der Waals surface area (Å²) in [4.78, 5) is 22.2. The number of aliphatic carboxylic acids is 1. The lowest BCUT2D eigenvalue weighted by Crippen LogP contribution is -2.21. The van der Waals surface area contributed by atoms with Gasteiger partial charge in [-0.3, -0.25) is 4.79 Å². The first-order valence-corrected chi connectivity index (χ1v) is 6.20. The number of rotatable bonds is 5. The van der Waals surface area contributed by atoms with Crippen LogP contribution in [-0.2, 0) is 11.3 Å². The van der Waals surface area contributed by atoms with Crippen molar-refractivity contribution in [1.82, 2.24) is 9.78 Å². The zero-order chi connectivity index (χ0) is 15.2. The van der Waals surface area contributed by atoms with Crippen LogP contribution in [0.5, 0.6) is 5.75 Å². The predicted octanol–water partition coefficient (Wildman–Crippen LogP) is 1.40. The van der Waals surface area contributed by atoms with Crippen LogP contribution in [0.4, 0.5) is 0 Å². The van der Waals surface area contributed by atoms with E-state index in [4.69, 9.17) is 9.84 Å². The molecule has 0 radical (unpaired) electrons. The van der Waals surface area contributed by atoms with Gasteiger partial charge in [-0.15, -0.1) is 0 Å². The molecular formula is C15H14N2O4. The predicted molar refractivity (Wildman–Crippen MR) is 77.3 cm³/mol. The summed E-state index contributed by atoms with van der Waals surface area (Å²) in [6.07, 6.45) is 4.02. The topological polar surface area (TPSA) is 81.4 Å². The summed E-state index contributed by atoms with van der Waals surface area (Å²) in [6.45, 7) is 0.303. The Balaban J connectivity index is 2.33. The van der Waals surface area contributed by atoms with Gasteiger partial charge in [0.05, 0.1) is 13.7 Å². The maximum Gasteiger partial charge on any atom is 0.328 e. The van der Waals surface area contributed by atoms with Gasteiger partial charge >= 0.3 is 5.97 Å². The summed E-state index contributed by atoms with van der Waals surface area (Å²) in [5.41, 5.74) is 1.25. The van der Waals surface area contributed by atoms with E-state index in [1.165, 1.54) is 30.1 Å². The van der Waals surface area contributed by atoms with Crippen LogP contribution < -0.4 is 10.3 Å². The molecule has 0 bridgehead atoms. The molecule has 21 heavy (non-hydrogen) atoms. The second-order valence-electron chi connectivity index (χ2n) is 4.27. The van der Waals surface area contributed by atoms with Crippen LogP contribution in [0.15, 0.2) is 47.4 Å². The first kappa shape index (κ1) is 14.5. The highest BCUT2D eigenvalue weighted by molar-refractivity contribution is 5.85. The van der Waals surface area contributed by atoms with E-state index in [2.05, 4.69) is 5.10 Å². The number of carbonyl (C=O) groups is 1. The van der Waals surface area contributed by atoms with Gasteiger partial charge < -0.3 is 9.84 Å². The van der Waals surface area contributed by atoms with E-state index in [0.717, 1.165) is 11.6 Å². The fourth-order valence-electron chi connectivity index (χ4n) is 1.85. The van der Waals surface area contributed by atoms with E-state index in [9.17, 15) is 9.59 Å². The molecular weight excluding hydrogens is 272 g/mol. The van der Waals surface area contributed by atoms with Crippen molar-refractivity contribution < 1.29 is 14.6 Å². The number of carboxylic acids is 1. The quantitative estimate of drug-likeness (QED) is 0.840. The number of aromatic nitrogens is 2. The third-order valence-electron chi connectivity index (χ3n) is 2.82. The smallest absolute Gasteiger partial charge is 0.328 e. The molecule has 2 rings (SSSR count). The van der Waals surface area contributed by atoms with E-state index in [0.29, 0.717) is 17.9 Å². The number of ether oxygens (including phenoxy) is 1. The van der Waals surface area contributed by atoms with E-state index in [-0.39, 0.29) is 5.56 Å². The second kappa shape index (κ2) is 6.51. The number of benzene rings is 1. The second-order valence-corrected chi connectivity index (χ2v) is 4.27. The van der Waals surface area contributed by atoms with Crippen LogP contribution in [0.3, 0.4) is 0 Å². The summed E-state index contributed by atoms with van der Waals surface area (Å²) in [5.74, 6) is -0.479. The van der Waals surface area contributed by atoms with Crippen molar-refractivity contribution in [3.05, 3.63) is 64.1 Å². The standard InChI is InChI=1S/C15H14N2O4/c1-21-13-6-4-11(9-12(13)5-7-15(19)20)10-17-14(18)3-2-8-16-17/h2-9H,10H2,1H3,(H,19,20). The van der Waals surface area contributed by atoms with Gasteiger partial charge in [-0.1, -0.05) is 6.07 Å². The molecule has 0 aliphatic carbocycles. The van der Waals surface area contributed by atoms with E-state index >= 15 is 0 Å². The Morgan fingerprint density at radius 2 is 2.24 bits per heavy atom. The van der Waals surface area contributed by atoms with Gasteiger partial charge in [0, 0.05) is 23.9 Å². The molecule has 0 atom stereocenters. The largest absolute Gasteiger partial charge is 0.496 e. The average molecular weight is 286 g/mol. The molecule has 0 saturated carbocycles. The van der Waals surface area contributed by atoms with Gasteiger partial charge in [0.15, 0.2) is 0 Å². The van der Waals surface area contributed by atoms with Gasteiger partial charge in [0.1, 0.15) is 5.75 Å². The molecule has 0 amide bonds. The fraction of sp³-hybridized carbons (Fsp3) is 0.133. The van der Waals surface area contributed by atoms with Crippen LogP contribution >= 0.6 is 0 Å². The van der Waals surface area contributed by atoms with Gasteiger partial charge in [-0.05, 0) is 29.8 Å². The lowest BCUT2D eigenvalue weighted by atomic mass is 10.1. The Kier molecular flexibility index (Phi) is 4.50. The molecule has 6 nitrogen and oxygen atoms in total. The van der Waals surface area contributed by atoms with Crippen LogP contribution in [0, 0.1) is 0 Å². The van der Waals surface area contributed by atoms with Crippen LogP contribution in [0.1, 0.15) is 11.1 Å². The molecule has 6 heteroatoms. The molecule has 1 N–H and O–H groups in total. The zero-order valence-corrected chi connectivity index (χ0v) is 11.4. The minimum Gasteiger partial charge on any atom is -0.496 e. The molecule has 0 aliphatic heterocycles. The summed E-state index contributed by atoms with van der Waals surface area (Å²) >= 11 is 0. The lowest BCUT2D eigenvalue weighted by molar-refractivity contribution is -0.131. The summed E-state index contributed by atoms with van der Waals surface area (Å²) in [7, 11) is 1.51. The Morgan fingerprint density at radius 3 is 2.90 bits per heavy atom. The maximum absolute atomic E-state index is 11.6. The van der Waals surface area contributed by atoms with Gasteiger partial charge in [0.25, 0.3) is 5.56 Å². The van der Waals surface area contributed by atoms with Gasteiger partial charge in [-0.2, -0.15) is 5.10 Å². The van der Waals surface area contributed by atoms with Crippen molar-refractivity contribution in [3.63, 3.8) is 0 Å². The molecule has 1 heterocycles. The maximum atomic E-state index is 11.6. The molecule has 0 unspecified atom stereocenters. The molecule has 0 aliphatic rings.